The van der Waals surface area contributed by atoms with Gasteiger partial charge in [-0.3, -0.25) is 9.59 Å². The van der Waals surface area contributed by atoms with E-state index in [2.05, 4.69) is 6.92 Å². The highest BCUT2D eigenvalue weighted by Gasteiger charge is 2.66. The van der Waals surface area contributed by atoms with Crippen molar-refractivity contribution in [2.75, 3.05) is 6.61 Å². The first kappa shape index (κ1) is 17.0. The molecule has 0 amide bonds. The molecule has 1 heterocycles. The van der Waals surface area contributed by atoms with Gasteiger partial charge in [-0.05, 0) is 74.7 Å². The van der Waals surface area contributed by atoms with Crippen LogP contribution in [0.15, 0.2) is 11.6 Å². The van der Waals surface area contributed by atoms with E-state index >= 15 is 0 Å². The van der Waals surface area contributed by atoms with Crippen LogP contribution in [-0.4, -0.2) is 29.1 Å². The molecule has 142 valence electrons. The van der Waals surface area contributed by atoms with Crippen LogP contribution in [0.5, 0.6) is 0 Å². The van der Waals surface area contributed by atoms with Crippen LogP contribution in [0.2, 0.25) is 0 Å². The van der Waals surface area contributed by atoms with Gasteiger partial charge in [0.2, 0.25) is 0 Å². The van der Waals surface area contributed by atoms with Crippen molar-refractivity contribution < 1.29 is 19.4 Å². The Kier molecular flexibility index (Phi) is 3.70. The van der Waals surface area contributed by atoms with Gasteiger partial charge in [-0.25, -0.2) is 0 Å². The van der Waals surface area contributed by atoms with Crippen LogP contribution >= 0.6 is 0 Å². The molecule has 1 saturated heterocycles. The Bertz CT molecular complexity index is 682. The largest absolute Gasteiger partial charge is 0.458 e. The van der Waals surface area contributed by atoms with Gasteiger partial charge in [0.1, 0.15) is 5.60 Å². The Morgan fingerprint density at radius 2 is 1.96 bits per heavy atom. The summed E-state index contributed by atoms with van der Waals surface area (Å²) in [6, 6.07) is 0. The molecule has 4 aliphatic carbocycles. The van der Waals surface area contributed by atoms with E-state index in [1.165, 1.54) is 12.0 Å². The smallest absolute Gasteiger partial charge is 0.306 e. The van der Waals surface area contributed by atoms with Crippen molar-refractivity contribution in [2.45, 2.75) is 70.3 Å². The summed E-state index contributed by atoms with van der Waals surface area (Å²) in [5.74, 6) is 2.68. The van der Waals surface area contributed by atoms with Crippen molar-refractivity contribution >= 4 is 11.8 Å². The Balaban J connectivity index is 1.49. The molecule has 1 N–H and O–H groups in total. The number of rotatable bonds is 1. The first-order valence-corrected chi connectivity index (χ1v) is 10.5. The SMILES string of the molecule is C[C@]12CCC3C(CC(CO)C4=CC(=O)CC[C@@H]43)C1CC[C@@]21CCC(=O)O1. The highest BCUT2D eigenvalue weighted by molar-refractivity contribution is 5.91. The third-order valence-corrected chi connectivity index (χ3v) is 9.05. The van der Waals surface area contributed by atoms with Crippen LogP contribution in [0.4, 0.5) is 0 Å². The lowest BCUT2D eigenvalue weighted by Gasteiger charge is -2.56. The van der Waals surface area contributed by atoms with E-state index in [0.717, 1.165) is 38.5 Å². The molecule has 0 aromatic heterocycles. The zero-order chi connectivity index (χ0) is 18.1. The summed E-state index contributed by atoms with van der Waals surface area (Å²) in [5.41, 5.74) is 1.10. The number of esters is 1. The Morgan fingerprint density at radius 1 is 1.12 bits per heavy atom. The number of ketones is 1. The third kappa shape index (κ3) is 2.11. The maximum absolute atomic E-state index is 12.0. The second-order valence-corrected chi connectivity index (χ2v) is 9.77. The lowest BCUT2D eigenvalue weighted by Crippen LogP contribution is -2.53. The number of hydrogen-bond acceptors (Lipinski definition) is 4. The molecule has 0 aromatic carbocycles. The lowest BCUT2D eigenvalue weighted by molar-refractivity contribution is -0.166. The molecule has 5 rings (SSSR count). The van der Waals surface area contributed by atoms with Gasteiger partial charge in [-0.1, -0.05) is 12.5 Å². The average Bonchev–Trinajstić information content (AvgIpc) is 3.15. The molecular weight excluding hydrogens is 328 g/mol. The minimum Gasteiger partial charge on any atom is -0.458 e. The van der Waals surface area contributed by atoms with Crippen LogP contribution in [0.25, 0.3) is 0 Å². The van der Waals surface area contributed by atoms with Crippen LogP contribution in [0.1, 0.15) is 64.7 Å². The summed E-state index contributed by atoms with van der Waals surface area (Å²) in [4.78, 5) is 23.9. The Hall–Kier alpha value is -1.16. The van der Waals surface area contributed by atoms with E-state index in [0.29, 0.717) is 36.5 Å². The van der Waals surface area contributed by atoms with Crippen LogP contribution in [-0.2, 0) is 14.3 Å². The van der Waals surface area contributed by atoms with Crippen LogP contribution in [0, 0.1) is 35.0 Å². The van der Waals surface area contributed by atoms with Gasteiger partial charge in [0.25, 0.3) is 0 Å². The maximum atomic E-state index is 12.0. The maximum Gasteiger partial charge on any atom is 0.306 e. The summed E-state index contributed by atoms with van der Waals surface area (Å²) in [5, 5.41) is 10.0. The van der Waals surface area contributed by atoms with Gasteiger partial charge >= 0.3 is 5.97 Å². The van der Waals surface area contributed by atoms with Gasteiger partial charge in [0.05, 0.1) is 0 Å². The van der Waals surface area contributed by atoms with Crippen molar-refractivity contribution in [3.05, 3.63) is 11.6 Å². The molecule has 3 saturated carbocycles. The minimum atomic E-state index is -0.229. The quantitative estimate of drug-likeness (QED) is 0.730. The summed E-state index contributed by atoms with van der Waals surface area (Å²) < 4.78 is 5.99. The number of ether oxygens (including phenoxy) is 1. The number of carbonyl (C=O) groups excluding carboxylic acids is 2. The van der Waals surface area contributed by atoms with Gasteiger partial charge in [0, 0.05) is 30.8 Å². The standard InChI is InChI=1S/C22H30O4/c1-21-7-4-16-15-3-2-14(24)11-17(15)13(12-23)10-18(16)19(21)5-8-22(21)9-6-20(25)26-22/h11,13,15-16,18-19,23H,2-10,12H2,1H3/t13?,15-,16?,18?,19?,21+,22-/m1/s1. The van der Waals surface area contributed by atoms with Gasteiger partial charge in [-0.2, -0.15) is 0 Å². The molecule has 4 fully saturated rings. The molecule has 0 radical (unpaired) electrons. The summed E-state index contributed by atoms with van der Waals surface area (Å²) in [7, 11) is 0. The zero-order valence-electron chi connectivity index (χ0n) is 15.7. The molecule has 4 heteroatoms. The monoisotopic (exact) mass is 358 g/mol. The second-order valence-electron chi connectivity index (χ2n) is 9.77. The van der Waals surface area contributed by atoms with E-state index < -0.39 is 0 Å². The number of aliphatic hydroxyl groups is 1. The predicted molar refractivity (Wildman–Crippen MR) is 96.1 cm³/mol. The van der Waals surface area contributed by atoms with Crippen molar-refractivity contribution in [1.82, 2.24) is 0 Å². The molecule has 1 aliphatic heterocycles. The third-order valence-electron chi connectivity index (χ3n) is 9.05. The molecule has 26 heavy (non-hydrogen) atoms. The van der Waals surface area contributed by atoms with Crippen molar-refractivity contribution in [3.63, 3.8) is 0 Å². The van der Waals surface area contributed by atoms with Crippen molar-refractivity contribution in [3.8, 4) is 0 Å². The molecule has 5 aliphatic rings. The van der Waals surface area contributed by atoms with E-state index in [1.807, 2.05) is 6.08 Å². The van der Waals surface area contributed by atoms with E-state index in [1.54, 1.807) is 0 Å². The average molecular weight is 358 g/mol. The molecule has 4 unspecified atom stereocenters. The van der Waals surface area contributed by atoms with E-state index in [4.69, 9.17) is 4.74 Å². The van der Waals surface area contributed by atoms with Crippen molar-refractivity contribution in [2.24, 2.45) is 35.0 Å². The second kappa shape index (κ2) is 5.67. The molecule has 0 bridgehead atoms. The summed E-state index contributed by atoms with van der Waals surface area (Å²) in [6.07, 6.45) is 10.4. The van der Waals surface area contributed by atoms with Gasteiger partial charge in [-0.15, -0.1) is 0 Å². The normalized spacial score (nSPS) is 50.1. The van der Waals surface area contributed by atoms with Gasteiger partial charge < -0.3 is 9.84 Å². The fourth-order valence-electron chi connectivity index (χ4n) is 7.81. The Morgan fingerprint density at radius 3 is 2.69 bits per heavy atom. The fourth-order valence-corrected chi connectivity index (χ4v) is 7.81. The highest BCUT2D eigenvalue weighted by Crippen LogP contribution is 2.68. The zero-order valence-corrected chi connectivity index (χ0v) is 15.7. The number of hydrogen-bond donors (Lipinski definition) is 1. The molecule has 0 aromatic rings. The fraction of sp³-hybridized carbons (Fsp3) is 0.818. The number of fused-ring (bicyclic) bond motifs is 6. The molecule has 1 spiro atoms. The highest BCUT2D eigenvalue weighted by atomic mass is 16.6. The topological polar surface area (TPSA) is 63.6 Å². The number of carbonyl (C=O) groups is 2. The van der Waals surface area contributed by atoms with E-state index in [9.17, 15) is 14.7 Å². The summed E-state index contributed by atoms with van der Waals surface area (Å²) in [6.45, 7) is 2.53. The molecular formula is C22H30O4. The molecule has 4 nitrogen and oxygen atoms in total. The van der Waals surface area contributed by atoms with Crippen molar-refractivity contribution in [1.29, 1.82) is 0 Å². The lowest BCUT2D eigenvalue weighted by atomic mass is 9.49. The van der Waals surface area contributed by atoms with Crippen LogP contribution < -0.4 is 0 Å². The number of aliphatic hydroxyl groups excluding tert-OH is 1. The van der Waals surface area contributed by atoms with Crippen LogP contribution in [0.3, 0.4) is 0 Å². The molecule has 7 atom stereocenters. The van der Waals surface area contributed by atoms with Gasteiger partial charge in [0.15, 0.2) is 5.78 Å². The first-order chi connectivity index (χ1) is 12.5. The minimum absolute atomic E-state index is 0.0121. The Labute approximate surface area is 155 Å². The summed E-state index contributed by atoms with van der Waals surface area (Å²) >= 11 is 0. The predicted octanol–water partition coefficient (Wildman–Crippen LogP) is 3.42. The first-order valence-electron chi connectivity index (χ1n) is 10.5. The van der Waals surface area contributed by atoms with E-state index in [-0.39, 0.29) is 35.3 Å².